The number of carbonyl (C=O) groups is 1. The number of nitro groups is 1. The molecule has 2 aliphatic heterocycles. The van der Waals surface area contributed by atoms with Crippen LogP contribution in [0.1, 0.15) is 64.7 Å². The fraction of sp³-hybridized carbons (Fsp3) is 0.346. The Kier molecular flexibility index (Phi) is 3.98. The number of hydrogen-bond donors (Lipinski definition) is 0. The van der Waals surface area contributed by atoms with Crippen molar-refractivity contribution in [3.8, 4) is 0 Å². The number of nitrogens with zero attached hydrogens (tertiary/aromatic N) is 2. The second kappa shape index (κ2) is 6.64. The third-order valence-electron chi connectivity index (χ3n) is 7.68. The van der Waals surface area contributed by atoms with Crippen LogP contribution in [-0.2, 0) is 0 Å². The SMILES string of the molecule is CC(=O)c1cc2c3c(c1)[C@@H]1C=CC[C@H]1[C@H](c1cccc([N+](=O)[O-])c1)N3C[C@H]1CC=C[C@H]21. The molecule has 156 valence electrons. The van der Waals surface area contributed by atoms with E-state index in [-0.39, 0.29) is 28.4 Å². The van der Waals surface area contributed by atoms with E-state index in [4.69, 9.17) is 0 Å². The van der Waals surface area contributed by atoms with Crippen molar-refractivity contribution in [3.63, 3.8) is 0 Å². The molecule has 4 aliphatic rings. The summed E-state index contributed by atoms with van der Waals surface area (Å²) in [4.78, 5) is 26.0. The van der Waals surface area contributed by atoms with Crippen LogP contribution >= 0.6 is 0 Å². The molecule has 0 bridgehead atoms. The molecule has 2 aromatic rings. The first kappa shape index (κ1) is 18.6. The lowest BCUT2D eigenvalue weighted by atomic mass is 9.70. The molecule has 0 saturated carbocycles. The van der Waals surface area contributed by atoms with Gasteiger partial charge < -0.3 is 4.90 Å². The summed E-state index contributed by atoms with van der Waals surface area (Å²) in [5, 5.41) is 11.5. The van der Waals surface area contributed by atoms with Gasteiger partial charge in [0.15, 0.2) is 5.78 Å². The van der Waals surface area contributed by atoms with Crippen LogP contribution in [0.2, 0.25) is 0 Å². The van der Waals surface area contributed by atoms with Crippen molar-refractivity contribution in [2.45, 2.75) is 37.6 Å². The maximum atomic E-state index is 12.4. The fourth-order valence-corrected chi connectivity index (χ4v) is 6.38. The molecule has 0 unspecified atom stereocenters. The number of carbonyl (C=O) groups excluding carboxylic acids is 1. The van der Waals surface area contributed by atoms with Crippen LogP contribution in [0.25, 0.3) is 0 Å². The molecule has 0 spiro atoms. The lowest BCUT2D eigenvalue weighted by Crippen LogP contribution is -2.46. The lowest BCUT2D eigenvalue weighted by molar-refractivity contribution is -0.384. The normalized spacial score (nSPS) is 29.5. The van der Waals surface area contributed by atoms with Crippen molar-refractivity contribution >= 4 is 17.2 Å². The first-order valence-electron chi connectivity index (χ1n) is 11.1. The van der Waals surface area contributed by atoms with Crippen molar-refractivity contribution in [2.24, 2.45) is 11.8 Å². The summed E-state index contributed by atoms with van der Waals surface area (Å²) in [7, 11) is 0. The predicted molar refractivity (Wildman–Crippen MR) is 120 cm³/mol. The van der Waals surface area contributed by atoms with Gasteiger partial charge in [0.1, 0.15) is 0 Å². The van der Waals surface area contributed by atoms with E-state index in [0.717, 1.165) is 30.5 Å². The van der Waals surface area contributed by atoms with E-state index in [1.165, 1.54) is 16.8 Å². The van der Waals surface area contributed by atoms with Crippen molar-refractivity contribution < 1.29 is 9.72 Å². The molecule has 2 aromatic carbocycles. The van der Waals surface area contributed by atoms with E-state index in [1.54, 1.807) is 19.1 Å². The Morgan fingerprint density at radius 2 is 1.81 bits per heavy atom. The smallest absolute Gasteiger partial charge is 0.269 e. The summed E-state index contributed by atoms with van der Waals surface area (Å²) >= 11 is 0. The van der Waals surface area contributed by atoms with Gasteiger partial charge in [-0.05, 0) is 60.4 Å². The number of non-ortho nitro benzene ring substituents is 1. The van der Waals surface area contributed by atoms with Crippen molar-refractivity contribution in [1.82, 2.24) is 0 Å². The third-order valence-corrected chi connectivity index (χ3v) is 7.68. The molecule has 0 fully saturated rings. The molecule has 5 heteroatoms. The molecular formula is C26H24N2O3. The summed E-state index contributed by atoms with van der Waals surface area (Å²) in [6.07, 6.45) is 11.1. The summed E-state index contributed by atoms with van der Waals surface area (Å²) < 4.78 is 0. The topological polar surface area (TPSA) is 63.4 Å². The standard InChI is InChI=1S/C26H24N2O3/c1-15(29)18-12-23-20-8-3-6-17(20)14-27-25(16-5-2-7-19(11-16)28(30)31)22-10-4-9-21(22)24(13-18)26(23)27/h2-5,7-9,11-13,17,20-22,25H,6,10,14H2,1H3/t17-,20+,21-,22-,25+/m1/s1. The molecule has 6 rings (SSSR count). The van der Waals surface area contributed by atoms with Crippen LogP contribution in [-0.4, -0.2) is 17.3 Å². The Morgan fingerprint density at radius 3 is 2.58 bits per heavy atom. The van der Waals surface area contributed by atoms with E-state index in [0.29, 0.717) is 17.8 Å². The Balaban J connectivity index is 1.58. The number of anilines is 1. The highest BCUT2D eigenvalue weighted by Crippen LogP contribution is 2.59. The summed E-state index contributed by atoms with van der Waals surface area (Å²) in [5.41, 5.74) is 5.72. The maximum Gasteiger partial charge on any atom is 0.269 e. The van der Waals surface area contributed by atoms with Crippen molar-refractivity contribution in [1.29, 1.82) is 0 Å². The highest BCUT2D eigenvalue weighted by atomic mass is 16.6. The number of rotatable bonds is 3. The Hall–Kier alpha value is -3.21. The van der Waals surface area contributed by atoms with Crippen molar-refractivity contribution in [2.75, 3.05) is 11.4 Å². The maximum absolute atomic E-state index is 12.4. The van der Waals surface area contributed by atoms with Gasteiger partial charge in [0.25, 0.3) is 5.69 Å². The average molecular weight is 412 g/mol. The van der Waals surface area contributed by atoms with Gasteiger partial charge in [0.05, 0.1) is 11.0 Å². The highest BCUT2D eigenvalue weighted by Gasteiger charge is 2.48. The molecule has 0 amide bonds. The zero-order chi connectivity index (χ0) is 21.3. The largest absolute Gasteiger partial charge is 0.363 e. The van der Waals surface area contributed by atoms with Gasteiger partial charge in [0, 0.05) is 41.8 Å². The number of fused-ring (bicyclic) bond motifs is 4. The number of benzene rings is 2. The first-order chi connectivity index (χ1) is 15.0. The van der Waals surface area contributed by atoms with Crippen LogP contribution in [0.5, 0.6) is 0 Å². The quantitative estimate of drug-likeness (QED) is 0.281. The highest BCUT2D eigenvalue weighted by molar-refractivity contribution is 5.96. The number of allylic oxidation sites excluding steroid dienone is 4. The van der Waals surface area contributed by atoms with Gasteiger partial charge in [-0.25, -0.2) is 0 Å². The molecule has 5 nitrogen and oxygen atoms in total. The molecule has 0 aromatic heterocycles. The first-order valence-corrected chi connectivity index (χ1v) is 11.1. The number of ketones is 1. The number of hydrogen-bond acceptors (Lipinski definition) is 4. The zero-order valence-electron chi connectivity index (χ0n) is 17.4. The molecule has 0 saturated heterocycles. The van der Waals surface area contributed by atoms with Gasteiger partial charge in [0.2, 0.25) is 0 Å². The van der Waals surface area contributed by atoms with E-state index in [2.05, 4.69) is 41.3 Å². The molecule has 0 N–H and O–H groups in total. The van der Waals surface area contributed by atoms with Crippen LogP contribution in [0, 0.1) is 22.0 Å². The van der Waals surface area contributed by atoms with Gasteiger partial charge >= 0.3 is 0 Å². The number of Topliss-reactive ketones (excluding diaryl/α,β-unsaturated/α-hetero) is 1. The Labute approximate surface area is 181 Å². The van der Waals surface area contributed by atoms with E-state index >= 15 is 0 Å². The Bertz CT molecular complexity index is 1160. The number of nitro benzene ring substituents is 1. The average Bonchev–Trinajstić information content (AvgIpc) is 3.43. The zero-order valence-corrected chi connectivity index (χ0v) is 17.4. The van der Waals surface area contributed by atoms with Crippen LogP contribution in [0.3, 0.4) is 0 Å². The molecule has 0 radical (unpaired) electrons. The van der Waals surface area contributed by atoms with E-state index in [9.17, 15) is 14.9 Å². The molecular weight excluding hydrogens is 388 g/mol. The summed E-state index contributed by atoms with van der Waals surface area (Å²) in [5.74, 6) is 1.48. The third kappa shape index (κ3) is 2.65. The molecule has 2 aliphatic carbocycles. The van der Waals surface area contributed by atoms with E-state index in [1.807, 2.05) is 12.1 Å². The Morgan fingerprint density at radius 1 is 1.06 bits per heavy atom. The van der Waals surface area contributed by atoms with Crippen LogP contribution in [0.4, 0.5) is 11.4 Å². The monoisotopic (exact) mass is 412 g/mol. The van der Waals surface area contributed by atoms with Gasteiger partial charge in [-0.15, -0.1) is 0 Å². The van der Waals surface area contributed by atoms with E-state index < -0.39 is 0 Å². The van der Waals surface area contributed by atoms with Gasteiger partial charge in [-0.2, -0.15) is 0 Å². The van der Waals surface area contributed by atoms with Crippen LogP contribution in [0.15, 0.2) is 60.7 Å². The summed E-state index contributed by atoms with van der Waals surface area (Å²) in [6.45, 7) is 2.58. The molecule has 31 heavy (non-hydrogen) atoms. The molecule has 5 atom stereocenters. The minimum atomic E-state index is -0.303. The minimum absolute atomic E-state index is 0.0934. The van der Waals surface area contributed by atoms with Crippen molar-refractivity contribution in [3.05, 3.63) is 93.1 Å². The van der Waals surface area contributed by atoms with Gasteiger partial charge in [-0.3, -0.25) is 14.9 Å². The second-order valence-electron chi connectivity index (χ2n) is 9.31. The summed E-state index contributed by atoms with van der Waals surface area (Å²) in [6, 6.07) is 11.5. The molecule has 2 heterocycles. The second-order valence-corrected chi connectivity index (χ2v) is 9.31. The minimum Gasteiger partial charge on any atom is -0.363 e. The predicted octanol–water partition coefficient (Wildman–Crippen LogP) is 5.69. The lowest BCUT2D eigenvalue weighted by Gasteiger charge is -2.51. The van der Waals surface area contributed by atoms with Gasteiger partial charge in [-0.1, -0.05) is 36.4 Å². The van der Waals surface area contributed by atoms with Crippen LogP contribution < -0.4 is 4.90 Å². The fourth-order valence-electron chi connectivity index (χ4n) is 6.38.